The van der Waals surface area contributed by atoms with Crippen molar-refractivity contribution in [3.8, 4) is 5.75 Å². The molecule has 0 atom stereocenters. The molecule has 0 aliphatic heterocycles. The fourth-order valence-electron chi connectivity index (χ4n) is 1.83. The third-order valence-electron chi connectivity index (χ3n) is 2.80. The van der Waals surface area contributed by atoms with Gasteiger partial charge in [0.25, 0.3) is 0 Å². The van der Waals surface area contributed by atoms with Gasteiger partial charge in [0, 0.05) is 17.1 Å². The number of ether oxygens (including phenoxy) is 1. The number of hydrogen-bond donors (Lipinski definition) is 1. The molecule has 2 aromatic carbocycles. The van der Waals surface area contributed by atoms with Crippen LogP contribution in [0.2, 0.25) is 0 Å². The van der Waals surface area contributed by atoms with Crippen molar-refractivity contribution in [1.29, 1.82) is 0 Å². The molecule has 4 nitrogen and oxygen atoms in total. The molecular weight excluding hydrogens is 380 g/mol. The molecule has 0 bridgehead atoms. The summed E-state index contributed by atoms with van der Waals surface area (Å²) >= 11 is 3.19. The smallest absolute Gasteiger partial charge is 0.244 e. The highest BCUT2D eigenvalue weighted by Gasteiger charge is 2.19. The van der Waals surface area contributed by atoms with Crippen LogP contribution in [0.5, 0.6) is 5.75 Å². The topological polar surface area (TPSA) is 55.4 Å². The lowest BCUT2D eigenvalue weighted by Gasteiger charge is -2.11. The van der Waals surface area contributed by atoms with Gasteiger partial charge in [0.05, 0.1) is 7.11 Å². The summed E-state index contributed by atoms with van der Waals surface area (Å²) in [5.41, 5.74) is 0.176. The molecule has 0 spiro atoms. The maximum atomic E-state index is 13.1. The van der Waals surface area contributed by atoms with Gasteiger partial charge in [-0.2, -0.15) is 0 Å². The van der Waals surface area contributed by atoms with Gasteiger partial charge >= 0.3 is 0 Å². The van der Waals surface area contributed by atoms with Crippen molar-refractivity contribution >= 4 is 26.0 Å². The molecule has 1 N–H and O–H groups in total. The Morgan fingerprint density at radius 2 is 1.77 bits per heavy atom. The number of benzene rings is 2. The summed E-state index contributed by atoms with van der Waals surface area (Å²) in [4.78, 5) is -0.0683. The van der Waals surface area contributed by atoms with Crippen LogP contribution in [0.3, 0.4) is 0 Å². The third kappa shape index (κ3) is 4.02. The number of rotatable bonds is 5. The summed E-state index contributed by atoms with van der Waals surface area (Å²) in [6.45, 7) is -0.243. The summed E-state index contributed by atoms with van der Waals surface area (Å²) in [5, 5.41) is 0. The first kappa shape index (κ1) is 16.9. The van der Waals surface area contributed by atoms with Crippen molar-refractivity contribution < 1.29 is 21.9 Å². The standard InChI is InChI=1S/C14H12BrF2NO3S/c1-21-13-3-2-10(15)6-14(13)22(19,20)18-8-9-4-11(16)7-12(17)5-9/h2-7,18H,8H2,1H3. The minimum Gasteiger partial charge on any atom is -0.495 e. The van der Waals surface area contributed by atoms with Gasteiger partial charge in [-0.1, -0.05) is 15.9 Å². The zero-order valence-electron chi connectivity index (χ0n) is 11.4. The van der Waals surface area contributed by atoms with Crippen LogP contribution in [0.4, 0.5) is 8.78 Å². The van der Waals surface area contributed by atoms with E-state index in [0.29, 0.717) is 4.47 Å². The molecule has 0 amide bonds. The first-order chi connectivity index (χ1) is 10.3. The second-order valence-electron chi connectivity index (χ2n) is 4.40. The van der Waals surface area contributed by atoms with Crippen LogP contribution in [0.25, 0.3) is 0 Å². The third-order valence-corrected chi connectivity index (χ3v) is 4.72. The van der Waals surface area contributed by atoms with Crippen molar-refractivity contribution in [2.75, 3.05) is 7.11 Å². The first-order valence-corrected chi connectivity index (χ1v) is 8.37. The molecular formula is C14H12BrF2NO3S. The highest BCUT2D eigenvalue weighted by molar-refractivity contribution is 9.10. The number of hydrogen-bond acceptors (Lipinski definition) is 3. The molecule has 22 heavy (non-hydrogen) atoms. The van der Waals surface area contributed by atoms with Gasteiger partial charge in [-0.25, -0.2) is 21.9 Å². The molecule has 0 saturated heterocycles. The van der Waals surface area contributed by atoms with Crippen molar-refractivity contribution in [3.05, 3.63) is 58.1 Å². The van der Waals surface area contributed by atoms with E-state index in [1.54, 1.807) is 6.07 Å². The lowest BCUT2D eigenvalue weighted by Crippen LogP contribution is -2.24. The van der Waals surface area contributed by atoms with Gasteiger partial charge in [0.15, 0.2) is 0 Å². The summed E-state index contributed by atoms with van der Waals surface area (Å²) in [7, 11) is -2.55. The van der Waals surface area contributed by atoms with Crippen LogP contribution in [-0.2, 0) is 16.6 Å². The zero-order chi connectivity index (χ0) is 16.3. The van der Waals surface area contributed by atoms with E-state index >= 15 is 0 Å². The van der Waals surface area contributed by atoms with Crippen molar-refractivity contribution in [2.24, 2.45) is 0 Å². The quantitative estimate of drug-likeness (QED) is 0.851. The average Bonchev–Trinajstić information content (AvgIpc) is 2.44. The van der Waals surface area contributed by atoms with E-state index in [1.165, 1.54) is 19.2 Å². The number of halogens is 3. The largest absolute Gasteiger partial charge is 0.495 e. The summed E-state index contributed by atoms with van der Waals surface area (Å²) in [6, 6.07) is 7.36. The van der Waals surface area contributed by atoms with Gasteiger partial charge in [0.2, 0.25) is 10.0 Å². The van der Waals surface area contributed by atoms with E-state index in [-0.39, 0.29) is 22.8 Å². The Bertz CT molecular complexity index is 776. The molecule has 0 radical (unpaired) electrons. The molecule has 2 rings (SSSR count). The van der Waals surface area contributed by atoms with Crippen molar-refractivity contribution in [3.63, 3.8) is 0 Å². The van der Waals surface area contributed by atoms with Gasteiger partial charge < -0.3 is 4.74 Å². The van der Waals surface area contributed by atoms with Gasteiger partial charge in [0.1, 0.15) is 22.3 Å². The predicted molar refractivity (Wildman–Crippen MR) is 81.1 cm³/mol. The normalized spacial score (nSPS) is 11.5. The van der Waals surface area contributed by atoms with Crippen LogP contribution in [0.1, 0.15) is 5.56 Å². The minimum absolute atomic E-state index is 0.0683. The predicted octanol–water partition coefficient (Wildman–Crippen LogP) is 3.21. The van der Waals surface area contributed by atoms with Crippen molar-refractivity contribution in [1.82, 2.24) is 4.72 Å². The highest BCUT2D eigenvalue weighted by atomic mass is 79.9. The number of methoxy groups -OCH3 is 1. The Balaban J connectivity index is 2.26. The molecule has 2 aromatic rings. The molecule has 0 unspecified atom stereocenters. The van der Waals surface area contributed by atoms with Crippen LogP contribution in [0, 0.1) is 11.6 Å². The van der Waals surface area contributed by atoms with E-state index < -0.39 is 21.7 Å². The van der Waals surface area contributed by atoms with E-state index in [1.807, 2.05) is 0 Å². The van der Waals surface area contributed by atoms with Crippen LogP contribution in [-0.4, -0.2) is 15.5 Å². The first-order valence-electron chi connectivity index (χ1n) is 6.10. The highest BCUT2D eigenvalue weighted by Crippen LogP contribution is 2.27. The maximum absolute atomic E-state index is 13.1. The number of sulfonamides is 1. The van der Waals surface area contributed by atoms with Crippen LogP contribution < -0.4 is 9.46 Å². The molecule has 118 valence electrons. The fourth-order valence-corrected chi connectivity index (χ4v) is 3.55. The van der Waals surface area contributed by atoms with Crippen LogP contribution >= 0.6 is 15.9 Å². The number of nitrogens with one attached hydrogen (secondary N) is 1. The van der Waals surface area contributed by atoms with E-state index in [0.717, 1.165) is 18.2 Å². The lowest BCUT2D eigenvalue weighted by molar-refractivity contribution is 0.402. The molecule has 0 aromatic heterocycles. The molecule has 8 heteroatoms. The van der Waals surface area contributed by atoms with Crippen molar-refractivity contribution in [2.45, 2.75) is 11.4 Å². The summed E-state index contributed by atoms with van der Waals surface area (Å²) < 4.78 is 58.7. The Kier molecular flexibility index (Phi) is 5.15. The Hall–Kier alpha value is -1.51. The van der Waals surface area contributed by atoms with Gasteiger partial charge in [-0.3, -0.25) is 0 Å². The Morgan fingerprint density at radius 3 is 2.36 bits per heavy atom. The van der Waals surface area contributed by atoms with E-state index in [9.17, 15) is 17.2 Å². The molecule has 0 saturated carbocycles. The summed E-state index contributed by atoms with van der Waals surface area (Å²) in [5.74, 6) is -1.37. The molecule has 0 heterocycles. The maximum Gasteiger partial charge on any atom is 0.244 e. The second kappa shape index (κ2) is 6.72. The van der Waals surface area contributed by atoms with Crippen LogP contribution in [0.15, 0.2) is 45.8 Å². The molecule has 0 aliphatic rings. The monoisotopic (exact) mass is 391 g/mol. The van der Waals surface area contributed by atoms with E-state index in [4.69, 9.17) is 4.74 Å². The van der Waals surface area contributed by atoms with Gasteiger partial charge in [-0.05, 0) is 35.9 Å². The minimum atomic E-state index is -3.90. The molecule has 0 aliphatic carbocycles. The fraction of sp³-hybridized carbons (Fsp3) is 0.143. The molecule has 0 fully saturated rings. The van der Waals surface area contributed by atoms with Gasteiger partial charge in [-0.15, -0.1) is 0 Å². The summed E-state index contributed by atoms with van der Waals surface area (Å²) in [6.07, 6.45) is 0. The SMILES string of the molecule is COc1ccc(Br)cc1S(=O)(=O)NCc1cc(F)cc(F)c1. The Labute approximate surface area is 135 Å². The zero-order valence-corrected chi connectivity index (χ0v) is 13.8. The average molecular weight is 392 g/mol. The van der Waals surface area contributed by atoms with E-state index in [2.05, 4.69) is 20.7 Å². The lowest BCUT2D eigenvalue weighted by atomic mass is 10.2. The second-order valence-corrected chi connectivity index (χ2v) is 7.05. The Morgan fingerprint density at radius 1 is 1.14 bits per heavy atom.